The summed E-state index contributed by atoms with van der Waals surface area (Å²) in [5, 5.41) is 3.41. The van der Waals surface area contributed by atoms with Gasteiger partial charge in [-0.1, -0.05) is 6.92 Å². The fourth-order valence-electron chi connectivity index (χ4n) is 2.71. The van der Waals surface area contributed by atoms with E-state index in [1.807, 2.05) is 0 Å². The minimum Gasteiger partial charge on any atom is -0.317 e. The monoisotopic (exact) mass is 208 g/mol. The van der Waals surface area contributed by atoms with E-state index in [2.05, 4.69) is 44.0 Å². The van der Waals surface area contributed by atoms with Gasteiger partial charge in [0.05, 0.1) is 0 Å². The quantitative estimate of drug-likeness (QED) is 0.710. The first-order chi connectivity index (χ1) is 7.11. The second-order valence-corrected chi connectivity index (χ2v) is 4.78. The van der Waals surface area contributed by atoms with Crippen molar-refractivity contribution < 1.29 is 0 Å². The van der Waals surface area contributed by atoms with Crippen LogP contribution >= 0.6 is 0 Å². The van der Waals surface area contributed by atoms with Crippen molar-refractivity contribution in [2.24, 2.45) is 5.92 Å². The Morgan fingerprint density at radius 3 is 2.73 bits per heavy atom. The number of nitrogens with one attached hydrogen (secondary N) is 1. The molecule has 1 fully saturated rings. The van der Waals surface area contributed by atoms with Crippen molar-refractivity contribution in [1.82, 2.24) is 10.2 Å². The van der Waals surface area contributed by atoms with E-state index in [9.17, 15) is 0 Å². The maximum absolute atomic E-state index is 5.38. The summed E-state index contributed by atoms with van der Waals surface area (Å²) in [6.07, 6.45) is 7.48. The molecule has 2 heteroatoms. The molecule has 1 aliphatic rings. The van der Waals surface area contributed by atoms with Crippen LogP contribution in [-0.2, 0) is 0 Å². The summed E-state index contributed by atoms with van der Waals surface area (Å²) in [4.78, 5) is 2.55. The van der Waals surface area contributed by atoms with E-state index in [0.717, 1.165) is 6.42 Å². The van der Waals surface area contributed by atoms with Gasteiger partial charge in [-0.15, -0.1) is 12.3 Å². The zero-order valence-electron chi connectivity index (χ0n) is 10.5. The first-order valence-corrected chi connectivity index (χ1v) is 5.98. The topological polar surface area (TPSA) is 15.3 Å². The second-order valence-electron chi connectivity index (χ2n) is 4.78. The van der Waals surface area contributed by atoms with Gasteiger partial charge in [0.1, 0.15) is 0 Å². The van der Waals surface area contributed by atoms with Crippen LogP contribution in [-0.4, -0.2) is 36.6 Å². The minimum absolute atomic E-state index is 0.519. The first kappa shape index (κ1) is 12.5. The van der Waals surface area contributed by atoms with Crippen molar-refractivity contribution in [1.29, 1.82) is 0 Å². The maximum Gasteiger partial charge on any atom is 0.0240 e. The highest BCUT2D eigenvalue weighted by Crippen LogP contribution is 2.25. The predicted molar refractivity (Wildman–Crippen MR) is 65.7 cm³/mol. The molecular weight excluding hydrogens is 184 g/mol. The molecule has 4 unspecified atom stereocenters. The molecule has 0 aromatic heterocycles. The van der Waals surface area contributed by atoms with Crippen LogP contribution in [0.15, 0.2) is 0 Å². The molecule has 1 heterocycles. The molecular formula is C13H24N2. The summed E-state index contributed by atoms with van der Waals surface area (Å²) in [5.74, 6) is 3.47. The average molecular weight is 208 g/mol. The molecule has 1 aliphatic heterocycles. The standard InChI is InChI=1S/C13H24N2/c1-6-7-10(2)15-9-8-13(14-5)11(3)12(15)4/h1,10-14H,7-9H2,2-5H3. The van der Waals surface area contributed by atoms with Crippen LogP contribution < -0.4 is 5.32 Å². The summed E-state index contributed by atoms with van der Waals surface area (Å²) in [7, 11) is 2.06. The molecule has 0 bridgehead atoms. The van der Waals surface area contributed by atoms with E-state index in [1.165, 1.54) is 13.0 Å². The van der Waals surface area contributed by atoms with Gasteiger partial charge >= 0.3 is 0 Å². The molecule has 1 saturated heterocycles. The van der Waals surface area contributed by atoms with E-state index in [1.54, 1.807) is 0 Å². The lowest BCUT2D eigenvalue weighted by molar-refractivity contribution is 0.0567. The average Bonchev–Trinajstić information content (AvgIpc) is 2.22. The Balaban J connectivity index is 2.60. The van der Waals surface area contributed by atoms with E-state index in [4.69, 9.17) is 6.42 Å². The third kappa shape index (κ3) is 2.74. The molecule has 1 rings (SSSR count). The van der Waals surface area contributed by atoms with Crippen LogP contribution in [0.3, 0.4) is 0 Å². The highest BCUT2D eigenvalue weighted by molar-refractivity contribution is 4.94. The molecule has 86 valence electrons. The molecule has 0 amide bonds. The smallest absolute Gasteiger partial charge is 0.0240 e. The second kappa shape index (κ2) is 5.53. The SMILES string of the molecule is C#CCC(C)N1CCC(NC)C(C)C1C. The van der Waals surface area contributed by atoms with Crippen LogP contribution in [0.2, 0.25) is 0 Å². The van der Waals surface area contributed by atoms with Crippen molar-refractivity contribution in [3.8, 4) is 12.3 Å². The summed E-state index contributed by atoms with van der Waals surface area (Å²) >= 11 is 0. The Bertz CT molecular complexity index is 231. The van der Waals surface area contributed by atoms with Crippen molar-refractivity contribution in [3.63, 3.8) is 0 Å². The van der Waals surface area contributed by atoms with Gasteiger partial charge in [0.25, 0.3) is 0 Å². The third-order valence-electron chi connectivity index (χ3n) is 3.97. The highest BCUT2D eigenvalue weighted by Gasteiger charge is 2.33. The van der Waals surface area contributed by atoms with Gasteiger partial charge in [0.15, 0.2) is 0 Å². The van der Waals surface area contributed by atoms with Crippen LogP contribution in [0, 0.1) is 18.3 Å². The number of rotatable bonds is 3. The van der Waals surface area contributed by atoms with Crippen LogP contribution in [0.4, 0.5) is 0 Å². The summed E-state index contributed by atoms with van der Waals surface area (Å²) in [5.41, 5.74) is 0. The number of nitrogens with zero attached hydrogens (tertiary/aromatic N) is 1. The Morgan fingerprint density at radius 2 is 2.20 bits per heavy atom. The summed E-state index contributed by atoms with van der Waals surface area (Å²) in [6, 6.07) is 1.80. The molecule has 4 atom stereocenters. The first-order valence-electron chi connectivity index (χ1n) is 5.98. The van der Waals surface area contributed by atoms with Gasteiger partial charge in [-0.2, -0.15) is 0 Å². The zero-order chi connectivity index (χ0) is 11.4. The van der Waals surface area contributed by atoms with E-state index in [0.29, 0.717) is 24.0 Å². The van der Waals surface area contributed by atoms with Crippen molar-refractivity contribution in [2.45, 2.75) is 51.7 Å². The normalized spacial score (nSPS) is 34.7. The van der Waals surface area contributed by atoms with Gasteiger partial charge in [-0.25, -0.2) is 0 Å². The Labute approximate surface area is 94.4 Å². The predicted octanol–water partition coefficient (Wildman–Crippen LogP) is 1.72. The number of piperidine rings is 1. The fraction of sp³-hybridized carbons (Fsp3) is 0.846. The molecule has 0 aromatic carbocycles. The third-order valence-corrected chi connectivity index (χ3v) is 3.97. The van der Waals surface area contributed by atoms with Gasteiger partial charge in [-0.05, 0) is 33.2 Å². The lowest BCUT2D eigenvalue weighted by atomic mass is 9.86. The summed E-state index contributed by atoms with van der Waals surface area (Å²) in [6.45, 7) is 8.06. The lowest BCUT2D eigenvalue weighted by Crippen LogP contribution is -2.55. The van der Waals surface area contributed by atoms with Gasteiger partial charge in [0.2, 0.25) is 0 Å². The molecule has 0 aliphatic carbocycles. The summed E-state index contributed by atoms with van der Waals surface area (Å²) < 4.78 is 0. The molecule has 0 radical (unpaired) electrons. The molecule has 1 N–H and O–H groups in total. The van der Waals surface area contributed by atoms with Crippen LogP contribution in [0.25, 0.3) is 0 Å². The Hall–Kier alpha value is -0.520. The van der Waals surface area contributed by atoms with Gasteiger partial charge < -0.3 is 5.32 Å². The van der Waals surface area contributed by atoms with Crippen molar-refractivity contribution >= 4 is 0 Å². The van der Waals surface area contributed by atoms with Crippen LogP contribution in [0.5, 0.6) is 0 Å². The van der Waals surface area contributed by atoms with Gasteiger partial charge in [0, 0.05) is 31.1 Å². The number of hydrogen-bond acceptors (Lipinski definition) is 2. The van der Waals surface area contributed by atoms with E-state index in [-0.39, 0.29) is 0 Å². The number of terminal acetylenes is 1. The minimum atomic E-state index is 0.519. The molecule has 0 saturated carbocycles. The Morgan fingerprint density at radius 1 is 1.53 bits per heavy atom. The molecule has 2 nitrogen and oxygen atoms in total. The lowest BCUT2D eigenvalue weighted by Gasteiger charge is -2.45. The highest BCUT2D eigenvalue weighted by atomic mass is 15.2. The van der Waals surface area contributed by atoms with Crippen molar-refractivity contribution in [3.05, 3.63) is 0 Å². The van der Waals surface area contributed by atoms with E-state index < -0.39 is 0 Å². The number of likely N-dealkylation sites (tertiary alicyclic amines) is 1. The zero-order valence-corrected chi connectivity index (χ0v) is 10.5. The molecule has 0 aromatic rings. The van der Waals surface area contributed by atoms with Crippen LogP contribution in [0.1, 0.15) is 33.6 Å². The fourth-order valence-corrected chi connectivity index (χ4v) is 2.71. The molecule has 15 heavy (non-hydrogen) atoms. The van der Waals surface area contributed by atoms with Gasteiger partial charge in [-0.3, -0.25) is 4.90 Å². The Kier molecular flexibility index (Phi) is 4.63. The molecule has 0 spiro atoms. The van der Waals surface area contributed by atoms with Crippen molar-refractivity contribution in [2.75, 3.05) is 13.6 Å². The van der Waals surface area contributed by atoms with E-state index >= 15 is 0 Å². The number of hydrogen-bond donors (Lipinski definition) is 1. The largest absolute Gasteiger partial charge is 0.317 e. The maximum atomic E-state index is 5.38.